The first-order chi connectivity index (χ1) is 5.95. The van der Waals surface area contributed by atoms with Gasteiger partial charge < -0.3 is 0 Å². The molecule has 0 aliphatic heterocycles. The molecule has 0 atom stereocenters. The Balaban J connectivity index is 3.41. The standard InChI is InChI=1S/C8H14F3NO/c1-2-3-4-5-6-7(13)12-8(9,10)11/h2-6H2,1H3,(H,12,13). The van der Waals surface area contributed by atoms with Gasteiger partial charge in [0, 0.05) is 6.42 Å². The number of amides is 1. The summed E-state index contributed by atoms with van der Waals surface area (Å²) in [6.45, 7) is 2.00. The van der Waals surface area contributed by atoms with Crippen LogP contribution in [0.15, 0.2) is 0 Å². The van der Waals surface area contributed by atoms with Gasteiger partial charge in [-0.05, 0) is 6.42 Å². The summed E-state index contributed by atoms with van der Waals surface area (Å²) in [5.74, 6) is -0.941. The molecule has 0 rings (SSSR count). The van der Waals surface area contributed by atoms with Gasteiger partial charge in [-0.15, -0.1) is 0 Å². The fourth-order valence-electron chi connectivity index (χ4n) is 0.933. The van der Waals surface area contributed by atoms with Crippen LogP contribution in [0, 0.1) is 0 Å². The summed E-state index contributed by atoms with van der Waals surface area (Å²) in [6.07, 6.45) is -1.33. The van der Waals surface area contributed by atoms with Crippen molar-refractivity contribution in [3.8, 4) is 0 Å². The van der Waals surface area contributed by atoms with Crippen molar-refractivity contribution in [1.82, 2.24) is 5.32 Å². The number of unbranched alkanes of at least 4 members (excludes halogenated alkanes) is 3. The van der Waals surface area contributed by atoms with E-state index >= 15 is 0 Å². The average Bonchev–Trinajstić information content (AvgIpc) is 1.94. The maximum atomic E-state index is 11.5. The van der Waals surface area contributed by atoms with Gasteiger partial charge in [-0.25, -0.2) is 0 Å². The summed E-state index contributed by atoms with van der Waals surface area (Å²) in [4.78, 5) is 10.6. The van der Waals surface area contributed by atoms with E-state index in [4.69, 9.17) is 0 Å². The molecule has 13 heavy (non-hydrogen) atoms. The van der Waals surface area contributed by atoms with Crippen LogP contribution in [0.4, 0.5) is 13.2 Å². The fraction of sp³-hybridized carbons (Fsp3) is 0.875. The van der Waals surface area contributed by atoms with Gasteiger partial charge in [-0.2, -0.15) is 13.2 Å². The molecular formula is C8H14F3NO. The number of halogens is 3. The summed E-state index contributed by atoms with van der Waals surface area (Å²) < 4.78 is 34.6. The highest BCUT2D eigenvalue weighted by Gasteiger charge is 2.29. The number of alkyl halides is 3. The molecule has 0 aliphatic carbocycles. The van der Waals surface area contributed by atoms with E-state index in [2.05, 4.69) is 0 Å². The molecule has 78 valence electrons. The Hall–Kier alpha value is -0.740. The molecule has 1 N–H and O–H groups in total. The molecule has 0 fully saturated rings. The molecule has 0 radical (unpaired) electrons. The lowest BCUT2D eigenvalue weighted by molar-refractivity contribution is -0.169. The van der Waals surface area contributed by atoms with E-state index in [0.717, 1.165) is 24.6 Å². The van der Waals surface area contributed by atoms with Crippen LogP contribution in [0.1, 0.15) is 39.0 Å². The zero-order valence-corrected chi connectivity index (χ0v) is 7.58. The number of hydrogen-bond donors (Lipinski definition) is 1. The van der Waals surface area contributed by atoms with Crippen LogP contribution in [0.25, 0.3) is 0 Å². The molecule has 0 saturated heterocycles. The third-order valence-corrected chi connectivity index (χ3v) is 1.54. The van der Waals surface area contributed by atoms with E-state index in [0.29, 0.717) is 6.42 Å². The summed E-state index contributed by atoms with van der Waals surface area (Å²) in [6, 6.07) is 0. The van der Waals surface area contributed by atoms with Crippen molar-refractivity contribution in [3.63, 3.8) is 0 Å². The highest BCUT2D eigenvalue weighted by atomic mass is 19.4. The van der Waals surface area contributed by atoms with Crippen molar-refractivity contribution in [3.05, 3.63) is 0 Å². The van der Waals surface area contributed by atoms with Crippen LogP contribution in [-0.4, -0.2) is 12.2 Å². The van der Waals surface area contributed by atoms with Crippen LogP contribution in [0.2, 0.25) is 0 Å². The molecule has 0 aromatic heterocycles. The van der Waals surface area contributed by atoms with Crippen molar-refractivity contribution >= 4 is 5.91 Å². The Morgan fingerprint density at radius 2 is 1.85 bits per heavy atom. The largest absolute Gasteiger partial charge is 0.484 e. The van der Waals surface area contributed by atoms with Gasteiger partial charge in [-0.3, -0.25) is 10.1 Å². The maximum Gasteiger partial charge on any atom is 0.484 e. The SMILES string of the molecule is CCCCCCC(=O)NC(F)(F)F. The molecule has 5 heteroatoms. The molecule has 0 aromatic carbocycles. The van der Waals surface area contributed by atoms with Crippen molar-refractivity contribution < 1.29 is 18.0 Å². The van der Waals surface area contributed by atoms with Crippen LogP contribution in [-0.2, 0) is 4.79 Å². The first kappa shape index (κ1) is 12.3. The summed E-state index contributed by atoms with van der Waals surface area (Å²) in [5, 5.41) is 0.957. The van der Waals surface area contributed by atoms with Gasteiger partial charge in [0.25, 0.3) is 0 Å². The van der Waals surface area contributed by atoms with E-state index in [1.165, 1.54) is 0 Å². The molecule has 0 unspecified atom stereocenters. The van der Waals surface area contributed by atoms with Gasteiger partial charge in [0.1, 0.15) is 0 Å². The quantitative estimate of drug-likeness (QED) is 0.532. The first-order valence-corrected chi connectivity index (χ1v) is 4.33. The van der Waals surface area contributed by atoms with Gasteiger partial charge in [0.05, 0.1) is 0 Å². The Morgan fingerprint density at radius 1 is 1.23 bits per heavy atom. The molecule has 1 amide bonds. The Labute approximate surface area is 75.5 Å². The predicted molar refractivity (Wildman–Crippen MR) is 43.0 cm³/mol. The number of hydrogen-bond acceptors (Lipinski definition) is 1. The monoisotopic (exact) mass is 197 g/mol. The highest BCUT2D eigenvalue weighted by molar-refractivity contribution is 5.76. The normalized spacial score (nSPS) is 11.4. The zero-order valence-electron chi connectivity index (χ0n) is 7.58. The second-order valence-corrected chi connectivity index (χ2v) is 2.86. The van der Waals surface area contributed by atoms with Crippen LogP contribution < -0.4 is 5.32 Å². The number of rotatable bonds is 5. The van der Waals surface area contributed by atoms with E-state index < -0.39 is 12.2 Å². The smallest absolute Gasteiger partial charge is 0.275 e. The number of carbonyl (C=O) groups excluding carboxylic acids is 1. The van der Waals surface area contributed by atoms with E-state index in [1.54, 1.807) is 0 Å². The van der Waals surface area contributed by atoms with Crippen LogP contribution >= 0.6 is 0 Å². The summed E-state index contributed by atoms with van der Waals surface area (Å²) in [7, 11) is 0. The van der Waals surface area contributed by atoms with Crippen molar-refractivity contribution in [2.75, 3.05) is 0 Å². The van der Waals surface area contributed by atoms with E-state index in [-0.39, 0.29) is 6.42 Å². The second-order valence-electron chi connectivity index (χ2n) is 2.86. The van der Waals surface area contributed by atoms with E-state index in [9.17, 15) is 18.0 Å². The molecular weight excluding hydrogens is 183 g/mol. The molecule has 0 aliphatic rings. The van der Waals surface area contributed by atoms with Gasteiger partial charge in [-0.1, -0.05) is 26.2 Å². The predicted octanol–water partition coefficient (Wildman–Crippen LogP) is 2.59. The van der Waals surface area contributed by atoms with Gasteiger partial charge >= 0.3 is 6.30 Å². The lowest BCUT2D eigenvalue weighted by Gasteiger charge is -2.07. The van der Waals surface area contributed by atoms with Crippen molar-refractivity contribution in [1.29, 1.82) is 0 Å². The minimum atomic E-state index is -4.58. The Kier molecular flexibility index (Phi) is 5.50. The molecule has 2 nitrogen and oxygen atoms in total. The van der Waals surface area contributed by atoms with Crippen molar-refractivity contribution in [2.45, 2.75) is 45.3 Å². The summed E-state index contributed by atoms with van der Waals surface area (Å²) >= 11 is 0. The molecule has 0 heterocycles. The molecule has 0 bridgehead atoms. The Morgan fingerprint density at radius 3 is 2.31 bits per heavy atom. The third kappa shape index (κ3) is 9.17. The van der Waals surface area contributed by atoms with E-state index in [1.807, 2.05) is 6.92 Å². The lowest BCUT2D eigenvalue weighted by Crippen LogP contribution is -2.36. The van der Waals surface area contributed by atoms with Gasteiger partial charge in [0.15, 0.2) is 0 Å². The molecule has 0 spiro atoms. The number of carbonyl (C=O) groups is 1. The maximum absolute atomic E-state index is 11.5. The topological polar surface area (TPSA) is 29.1 Å². The lowest BCUT2D eigenvalue weighted by atomic mass is 10.1. The molecule has 0 aromatic rings. The fourth-order valence-corrected chi connectivity index (χ4v) is 0.933. The third-order valence-electron chi connectivity index (χ3n) is 1.54. The van der Waals surface area contributed by atoms with Crippen LogP contribution in [0.3, 0.4) is 0 Å². The number of nitrogens with one attached hydrogen (secondary N) is 1. The minimum absolute atomic E-state index is 0.0422. The Bertz CT molecular complexity index is 156. The van der Waals surface area contributed by atoms with Crippen molar-refractivity contribution in [2.24, 2.45) is 0 Å². The zero-order chi connectivity index (χ0) is 10.3. The van der Waals surface area contributed by atoms with Crippen LogP contribution in [0.5, 0.6) is 0 Å². The average molecular weight is 197 g/mol. The second kappa shape index (κ2) is 5.83. The van der Waals surface area contributed by atoms with Gasteiger partial charge in [0.2, 0.25) is 5.91 Å². The highest BCUT2D eigenvalue weighted by Crippen LogP contribution is 2.10. The molecule has 0 saturated carbocycles. The summed E-state index contributed by atoms with van der Waals surface area (Å²) in [5.41, 5.74) is 0. The first-order valence-electron chi connectivity index (χ1n) is 4.33. The minimum Gasteiger partial charge on any atom is -0.275 e.